The van der Waals surface area contributed by atoms with Gasteiger partial charge in [-0.25, -0.2) is 0 Å². The van der Waals surface area contributed by atoms with E-state index in [1.807, 2.05) is 20.1 Å². The number of benzene rings is 2. The van der Waals surface area contributed by atoms with Crippen LogP contribution >= 0.6 is 11.8 Å². The Morgan fingerprint density at radius 2 is 1.16 bits per heavy atom. The Balaban J connectivity index is 1.57. The standard InChI is InChI=1S/C63H96N18O13S/c1-37(2)33-45(57(89)74-41(53(68)85)27-32-95-3)73-52(84)36-72-54(86)46(34-38-15-6-4-7-16-38)78-58(90)47(35-39-17-8-5-9-18-39)79-56(88)42(23-25-50(66)82)75-55(87)43(24-26-51(67)83)76-59(91)49-22-14-31-81(49)62(94)44(20-10-11-28-64)77-60(92)48-21-13-30-80(48)61(93)40(65)19-12-29-71-63(69)70/h4-9,15-18,35,37,40-46,48-49H,10-14,19-34,36,64-65H2,1-3H3,(H2,66,82)(H2,67,83)(H2,68,85)(H,72,86)(H,73,84)(H,74,89)(H,75,87)(H,76,91)(H,77,92)(H,78,90)(H,79,88)(H4,69,70,71)/b47-35+/t40-,41-,42-,43-,44-,45-,46-,48-,49+/m0/s1. The molecule has 522 valence electrons. The van der Waals surface area contributed by atoms with Gasteiger partial charge < -0.3 is 92.5 Å². The van der Waals surface area contributed by atoms with E-state index in [2.05, 4.69) is 47.5 Å². The smallest absolute Gasteiger partial charge is 0.268 e. The first-order chi connectivity index (χ1) is 45.2. The molecule has 0 saturated carbocycles. The number of amides is 13. The van der Waals surface area contributed by atoms with Crippen molar-refractivity contribution in [3.8, 4) is 0 Å². The van der Waals surface area contributed by atoms with Gasteiger partial charge in [0.1, 0.15) is 54.0 Å². The molecule has 2 fully saturated rings. The lowest BCUT2D eigenvalue weighted by Gasteiger charge is -2.32. The quantitative estimate of drug-likeness (QED) is 0.0134. The molecule has 32 heteroatoms. The van der Waals surface area contributed by atoms with E-state index in [0.717, 1.165) is 0 Å². The predicted molar refractivity (Wildman–Crippen MR) is 356 cm³/mol. The van der Waals surface area contributed by atoms with Crippen molar-refractivity contribution < 1.29 is 62.3 Å². The van der Waals surface area contributed by atoms with Crippen LogP contribution in [-0.4, -0.2) is 192 Å². The van der Waals surface area contributed by atoms with E-state index in [-0.39, 0.29) is 76.6 Å². The molecule has 95 heavy (non-hydrogen) atoms. The summed E-state index contributed by atoms with van der Waals surface area (Å²) < 4.78 is 0. The third kappa shape index (κ3) is 27.4. The molecule has 0 radical (unpaired) electrons. The van der Waals surface area contributed by atoms with Crippen molar-refractivity contribution in [3.63, 3.8) is 0 Å². The summed E-state index contributed by atoms with van der Waals surface area (Å²) in [6.07, 6.45) is 4.45. The highest BCUT2D eigenvalue weighted by Gasteiger charge is 2.42. The lowest BCUT2D eigenvalue weighted by Crippen LogP contribution is -2.59. The van der Waals surface area contributed by atoms with E-state index in [1.165, 1.54) is 27.6 Å². The maximum Gasteiger partial charge on any atom is 0.268 e. The Labute approximate surface area is 557 Å². The average Bonchev–Trinajstić information content (AvgIpc) is 1.74. The number of primary amides is 3. The van der Waals surface area contributed by atoms with Crippen LogP contribution in [0.15, 0.2) is 71.4 Å². The highest BCUT2D eigenvalue weighted by Crippen LogP contribution is 2.24. The van der Waals surface area contributed by atoms with Crippen LogP contribution in [0.4, 0.5) is 0 Å². The van der Waals surface area contributed by atoms with Crippen LogP contribution in [0.1, 0.15) is 121 Å². The monoisotopic (exact) mass is 1340 g/mol. The fourth-order valence-corrected chi connectivity index (χ4v) is 11.2. The molecule has 9 atom stereocenters. The Hall–Kier alpha value is -9.17. The molecule has 0 bridgehead atoms. The zero-order valence-electron chi connectivity index (χ0n) is 54.3. The number of carbonyl (C=O) groups is 13. The second-order valence-electron chi connectivity index (χ2n) is 23.8. The van der Waals surface area contributed by atoms with E-state index < -0.39 is 169 Å². The molecule has 13 amide bonds. The third-order valence-electron chi connectivity index (χ3n) is 15.7. The van der Waals surface area contributed by atoms with E-state index >= 15 is 0 Å². The number of hydrogen-bond acceptors (Lipinski definition) is 17. The van der Waals surface area contributed by atoms with Crippen LogP contribution in [0.2, 0.25) is 0 Å². The van der Waals surface area contributed by atoms with Gasteiger partial charge in [0, 0.05) is 38.9 Å². The van der Waals surface area contributed by atoms with Crippen molar-refractivity contribution >= 4 is 101 Å². The van der Waals surface area contributed by atoms with Gasteiger partial charge in [-0.3, -0.25) is 67.3 Å². The van der Waals surface area contributed by atoms with Crippen LogP contribution in [0.5, 0.6) is 0 Å². The molecule has 2 heterocycles. The van der Waals surface area contributed by atoms with Crippen molar-refractivity contribution in [3.05, 3.63) is 77.5 Å². The molecule has 2 saturated heterocycles. The fourth-order valence-electron chi connectivity index (χ4n) is 10.8. The Morgan fingerprint density at radius 3 is 1.72 bits per heavy atom. The first-order valence-corrected chi connectivity index (χ1v) is 33.3. The number of unbranched alkanes of at least 4 members (excludes halogenated alkanes) is 1. The minimum atomic E-state index is -1.68. The SMILES string of the molecule is CSCC[C@H](NC(=O)[C@H](CC(C)C)NC(=O)CNC(=O)[C@H](Cc1ccccc1)NC(=O)/C(=C\c1ccccc1)NC(=O)[C@H](CCC(N)=O)NC(=O)[C@H](CCC(N)=O)NC(=O)[C@H]1CCCN1C(=O)[C@H](CCCCN)NC(=O)[C@@H]1CCCN1C(=O)[C@@H](N)CCCN=C(N)N)C(N)=O. The van der Waals surface area contributed by atoms with Crippen LogP contribution in [0, 0.1) is 5.92 Å². The van der Waals surface area contributed by atoms with Crippen LogP contribution in [-0.2, 0) is 68.7 Å². The van der Waals surface area contributed by atoms with Crippen LogP contribution < -0.4 is 82.7 Å². The van der Waals surface area contributed by atoms with Crippen molar-refractivity contribution in [2.45, 2.75) is 171 Å². The maximum absolute atomic E-state index is 14.6. The molecule has 2 aromatic carbocycles. The Kier molecular flexibility index (Phi) is 33.6. The number of nitrogens with one attached hydrogen (secondary N) is 8. The molecule has 2 aromatic rings. The predicted octanol–water partition coefficient (Wildman–Crippen LogP) is -3.28. The van der Waals surface area contributed by atoms with Gasteiger partial charge in [-0.05, 0) is 125 Å². The van der Waals surface area contributed by atoms with E-state index in [4.69, 9.17) is 40.1 Å². The Bertz CT molecular complexity index is 3030. The number of nitrogens with two attached hydrogens (primary N) is 7. The van der Waals surface area contributed by atoms with Crippen LogP contribution in [0.3, 0.4) is 0 Å². The van der Waals surface area contributed by atoms with E-state index in [0.29, 0.717) is 55.4 Å². The first-order valence-electron chi connectivity index (χ1n) is 31.9. The second-order valence-corrected chi connectivity index (χ2v) is 24.8. The third-order valence-corrected chi connectivity index (χ3v) is 16.4. The number of nitrogens with zero attached hydrogens (tertiary/aromatic N) is 3. The lowest BCUT2D eigenvalue weighted by molar-refractivity contribution is -0.144. The van der Waals surface area contributed by atoms with Gasteiger partial charge in [0.05, 0.1) is 12.6 Å². The number of rotatable bonds is 41. The number of guanidine groups is 1. The molecule has 4 rings (SSSR count). The lowest BCUT2D eigenvalue weighted by atomic mass is 10.0. The molecule has 0 aliphatic carbocycles. The normalized spacial score (nSPS) is 16.7. The number of aliphatic imine (C=N–C) groups is 1. The van der Waals surface area contributed by atoms with E-state index in [1.54, 1.807) is 60.7 Å². The van der Waals surface area contributed by atoms with Crippen molar-refractivity contribution in [2.24, 2.45) is 51.0 Å². The number of carbonyl (C=O) groups excluding carboxylic acids is 13. The summed E-state index contributed by atoms with van der Waals surface area (Å²) in [5, 5.41) is 20.8. The summed E-state index contributed by atoms with van der Waals surface area (Å²) >= 11 is 1.45. The van der Waals surface area contributed by atoms with Crippen molar-refractivity contribution in [1.82, 2.24) is 52.3 Å². The summed E-state index contributed by atoms with van der Waals surface area (Å²) in [5.74, 6) is -10.1. The number of thioether (sulfide) groups is 1. The second kappa shape index (κ2) is 40.8. The fraction of sp³-hybridized carbons (Fsp3) is 0.556. The van der Waals surface area contributed by atoms with Gasteiger partial charge in [-0.15, -0.1) is 0 Å². The molecule has 22 N–H and O–H groups in total. The Morgan fingerprint density at radius 1 is 0.600 bits per heavy atom. The van der Waals surface area contributed by atoms with Gasteiger partial charge in [0.15, 0.2) is 5.96 Å². The van der Waals surface area contributed by atoms with Crippen molar-refractivity contribution in [1.29, 1.82) is 0 Å². The molecule has 0 spiro atoms. The highest BCUT2D eigenvalue weighted by atomic mass is 32.2. The molecule has 0 unspecified atom stereocenters. The van der Waals surface area contributed by atoms with Crippen molar-refractivity contribution in [2.75, 3.05) is 44.7 Å². The molecule has 31 nitrogen and oxygen atoms in total. The van der Waals surface area contributed by atoms with Crippen LogP contribution in [0.25, 0.3) is 6.08 Å². The van der Waals surface area contributed by atoms with Gasteiger partial charge >= 0.3 is 0 Å². The van der Waals surface area contributed by atoms with E-state index in [9.17, 15) is 62.3 Å². The molecular formula is C63H96N18O13S. The molecule has 0 aromatic heterocycles. The number of likely N-dealkylation sites (tertiary alicyclic amines) is 2. The average molecular weight is 1350 g/mol. The molecule has 2 aliphatic rings. The first kappa shape index (κ1) is 78.3. The highest BCUT2D eigenvalue weighted by molar-refractivity contribution is 7.98. The molecular weight excluding hydrogens is 1250 g/mol. The summed E-state index contributed by atoms with van der Waals surface area (Å²) in [4.78, 5) is 185. The van der Waals surface area contributed by atoms with Gasteiger partial charge in [0.25, 0.3) is 5.91 Å². The van der Waals surface area contributed by atoms with Gasteiger partial charge in [-0.1, -0.05) is 74.5 Å². The summed E-state index contributed by atoms with van der Waals surface area (Å²) in [7, 11) is 0. The number of hydrogen-bond donors (Lipinski definition) is 15. The molecule has 2 aliphatic heterocycles. The zero-order valence-corrected chi connectivity index (χ0v) is 55.1. The summed E-state index contributed by atoms with van der Waals surface area (Å²) in [5.41, 5.74) is 40.0. The summed E-state index contributed by atoms with van der Waals surface area (Å²) in [6.45, 7) is 3.83. The van der Waals surface area contributed by atoms with Gasteiger partial charge in [-0.2, -0.15) is 11.8 Å². The minimum Gasteiger partial charge on any atom is -0.370 e. The summed E-state index contributed by atoms with van der Waals surface area (Å²) in [6, 6.07) is 5.55. The zero-order chi connectivity index (χ0) is 70.1. The maximum atomic E-state index is 14.6. The minimum absolute atomic E-state index is 0.0683. The largest absolute Gasteiger partial charge is 0.370 e. The van der Waals surface area contributed by atoms with Gasteiger partial charge in [0.2, 0.25) is 70.9 Å². The topological polar surface area (TPSA) is 519 Å².